The topological polar surface area (TPSA) is 105 Å². The molecule has 0 aliphatic carbocycles. The molecule has 142 valence electrons. The number of amides is 2. The fourth-order valence-electron chi connectivity index (χ4n) is 2.06. The van der Waals surface area contributed by atoms with Gasteiger partial charge in [0, 0.05) is 13.1 Å². The molecule has 0 radical (unpaired) electrons. The Bertz CT molecular complexity index is 356. The van der Waals surface area contributed by atoms with E-state index in [9.17, 15) is 9.59 Å². The molecular formula is C17H36N4O3. The number of hydrogen-bond donors (Lipinski definition) is 4. The summed E-state index contributed by atoms with van der Waals surface area (Å²) in [6.45, 7) is 10.5. The van der Waals surface area contributed by atoms with Crippen molar-refractivity contribution in [2.45, 2.75) is 71.4 Å². The summed E-state index contributed by atoms with van der Waals surface area (Å²) < 4.78 is 5.16. The van der Waals surface area contributed by atoms with Crippen molar-refractivity contribution in [2.75, 3.05) is 26.2 Å². The molecule has 0 bridgehead atoms. The van der Waals surface area contributed by atoms with Crippen LogP contribution in [0.25, 0.3) is 0 Å². The second-order valence-corrected chi connectivity index (χ2v) is 6.88. The molecule has 7 heteroatoms. The molecule has 0 aromatic carbocycles. The summed E-state index contributed by atoms with van der Waals surface area (Å²) in [6.07, 6.45) is 4.25. The van der Waals surface area contributed by atoms with Gasteiger partial charge in [-0.3, -0.25) is 4.79 Å². The third-order valence-electron chi connectivity index (χ3n) is 3.26. The van der Waals surface area contributed by atoms with E-state index in [4.69, 9.17) is 10.5 Å². The molecule has 0 rings (SSSR count). The van der Waals surface area contributed by atoms with Gasteiger partial charge in [-0.2, -0.15) is 0 Å². The van der Waals surface area contributed by atoms with Crippen LogP contribution < -0.4 is 21.7 Å². The zero-order valence-electron chi connectivity index (χ0n) is 15.7. The van der Waals surface area contributed by atoms with E-state index >= 15 is 0 Å². The number of rotatable bonds is 12. The molecule has 0 fully saturated rings. The Labute approximate surface area is 146 Å². The molecule has 0 spiro atoms. The van der Waals surface area contributed by atoms with Crippen LogP contribution in [-0.4, -0.2) is 49.8 Å². The summed E-state index contributed by atoms with van der Waals surface area (Å²) in [7, 11) is 0. The molecule has 0 saturated heterocycles. The minimum absolute atomic E-state index is 0.0741. The number of carbonyl (C=O) groups is 2. The molecule has 0 saturated carbocycles. The van der Waals surface area contributed by atoms with Crippen molar-refractivity contribution in [3.63, 3.8) is 0 Å². The minimum atomic E-state index is -0.451. The number of unbranched alkanes of at least 4 members (excludes halogenated alkanes) is 2. The first-order valence-corrected chi connectivity index (χ1v) is 8.97. The number of nitrogens with one attached hydrogen (secondary N) is 3. The maximum absolute atomic E-state index is 11.4. The Kier molecular flexibility index (Phi) is 12.3. The lowest BCUT2D eigenvalue weighted by molar-refractivity contribution is -0.122. The first-order chi connectivity index (χ1) is 11.3. The highest BCUT2D eigenvalue weighted by Crippen LogP contribution is 2.06. The van der Waals surface area contributed by atoms with Gasteiger partial charge in [0.1, 0.15) is 5.60 Å². The molecule has 1 atom stereocenters. The Hall–Kier alpha value is -1.34. The molecular weight excluding hydrogens is 308 g/mol. The van der Waals surface area contributed by atoms with Crippen molar-refractivity contribution in [2.24, 2.45) is 5.73 Å². The van der Waals surface area contributed by atoms with E-state index in [-0.39, 0.29) is 12.0 Å². The number of hydrogen-bond acceptors (Lipinski definition) is 5. The third-order valence-corrected chi connectivity index (χ3v) is 3.26. The first kappa shape index (κ1) is 22.7. The normalized spacial score (nSPS) is 12.5. The molecule has 2 amide bonds. The number of likely N-dealkylation sites (N-methyl/N-ethyl adjacent to an activating group) is 1. The van der Waals surface area contributed by atoms with Crippen LogP contribution in [0.4, 0.5) is 4.79 Å². The fourth-order valence-corrected chi connectivity index (χ4v) is 2.06. The zero-order valence-corrected chi connectivity index (χ0v) is 15.7. The van der Waals surface area contributed by atoms with E-state index in [1.54, 1.807) is 0 Å². The average Bonchev–Trinajstić information content (AvgIpc) is 2.47. The van der Waals surface area contributed by atoms with Gasteiger partial charge in [-0.25, -0.2) is 4.79 Å². The maximum atomic E-state index is 11.4. The minimum Gasteiger partial charge on any atom is -0.444 e. The maximum Gasteiger partial charge on any atom is 0.407 e. The molecule has 1 unspecified atom stereocenters. The van der Waals surface area contributed by atoms with Crippen molar-refractivity contribution in [1.82, 2.24) is 16.0 Å². The van der Waals surface area contributed by atoms with Crippen LogP contribution in [0.15, 0.2) is 0 Å². The number of nitrogens with two attached hydrogens (primary N) is 1. The van der Waals surface area contributed by atoms with E-state index in [0.29, 0.717) is 19.5 Å². The van der Waals surface area contributed by atoms with Crippen molar-refractivity contribution < 1.29 is 14.3 Å². The second kappa shape index (κ2) is 13.0. The lowest BCUT2D eigenvalue weighted by Gasteiger charge is -2.19. The highest BCUT2D eigenvalue weighted by Gasteiger charge is 2.15. The van der Waals surface area contributed by atoms with Gasteiger partial charge >= 0.3 is 6.09 Å². The summed E-state index contributed by atoms with van der Waals surface area (Å²) in [6, 6.07) is -0.411. The van der Waals surface area contributed by atoms with Gasteiger partial charge in [0.15, 0.2) is 0 Å². The van der Waals surface area contributed by atoms with E-state index in [1.807, 2.05) is 27.7 Å². The van der Waals surface area contributed by atoms with Crippen LogP contribution in [0, 0.1) is 0 Å². The van der Waals surface area contributed by atoms with E-state index < -0.39 is 11.6 Å². The van der Waals surface area contributed by atoms with E-state index in [1.165, 1.54) is 0 Å². The van der Waals surface area contributed by atoms with Gasteiger partial charge in [-0.15, -0.1) is 0 Å². The molecule has 0 aliphatic heterocycles. The van der Waals surface area contributed by atoms with Crippen LogP contribution in [0.2, 0.25) is 0 Å². The van der Waals surface area contributed by atoms with Gasteiger partial charge in [0.05, 0.1) is 6.04 Å². The Morgan fingerprint density at radius 1 is 1.00 bits per heavy atom. The summed E-state index contributed by atoms with van der Waals surface area (Å²) in [4.78, 5) is 22.9. The standard InChI is InChI=1S/C17H36N4O3/c1-5-20-15(22)14(18)10-9-12-19-11-7-6-8-13-21-16(23)24-17(2,3)4/h14,19H,5-13,18H2,1-4H3,(H,20,22)(H,21,23). The Balaban J connectivity index is 3.37. The smallest absolute Gasteiger partial charge is 0.407 e. The monoisotopic (exact) mass is 344 g/mol. The highest BCUT2D eigenvalue weighted by molar-refractivity contribution is 5.81. The number of ether oxygens (including phenoxy) is 1. The zero-order chi connectivity index (χ0) is 18.4. The third kappa shape index (κ3) is 14.3. The summed E-state index contributed by atoms with van der Waals surface area (Å²) >= 11 is 0. The van der Waals surface area contributed by atoms with Gasteiger partial charge in [-0.1, -0.05) is 6.42 Å². The molecule has 0 heterocycles. The van der Waals surface area contributed by atoms with Crippen LogP contribution >= 0.6 is 0 Å². The van der Waals surface area contributed by atoms with Gasteiger partial charge < -0.3 is 26.4 Å². The van der Waals surface area contributed by atoms with Gasteiger partial charge in [-0.05, 0) is 66.5 Å². The quantitative estimate of drug-likeness (QED) is 0.402. The van der Waals surface area contributed by atoms with Crippen molar-refractivity contribution in [3.05, 3.63) is 0 Å². The average molecular weight is 345 g/mol. The molecule has 0 aromatic rings. The predicted molar refractivity (Wildman–Crippen MR) is 96.9 cm³/mol. The molecule has 7 nitrogen and oxygen atoms in total. The molecule has 0 aromatic heterocycles. The van der Waals surface area contributed by atoms with Crippen LogP contribution in [0.1, 0.15) is 59.8 Å². The van der Waals surface area contributed by atoms with E-state index in [0.717, 1.165) is 38.8 Å². The largest absolute Gasteiger partial charge is 0.444 e. The van der Waals surface area contributed by atoms with Crippen LogP contribution in [0.5, 0.6) is 0 Å². The number of alkyl carbamates (subject to hydrolysis) is 1. The summed E-state index contributed by atoms with van der Waals surface area (Å²) in [5, 5.41) is 8.82. The lowest BCUT2D eigenvalue weighted by atomic mass is 10.1. The molecule has 5 N–H and O–H groups in total. The van der Waals surface area contributed by atoms with Crippen LogP contribution in [-0.2, 0) is 9.53 Å². The summed E-state index contributed by atoms with van der Waals surface area (Å²) in [5.41, 5.74) is 5.33. The highest BCUT2D eigenvalue weighted by atomic mass is 16.6. The number of carbonyl (C=O) groups excluding carboxylic acids is 2. The summed E-state index contributed by atoms with van der Waals surface area (Å²) in [5.74, 6) is -0.0741. The van der Waals surface area contributed by atoms with Crippen LogP contribution in [0.3, 0.4) is 0 Å². The SMILES string of the molecule is CCNC(=O)C(N)CCCNCCCCCNC(=O)OC(C)(C)C. The van der Waals surface area contributed by atoms with Crippen molar-refractivity contribution >= 4 is 12.0 Å². The Morgan fingerprint density at radius 2 is 1.62 bits per heavy atom. The van der Waals surface area contributed by atoms with Crippen molar-refractivity contribution in [1.29, 1.82) is 0 Å². The molecule has 24 heavy (non-hydrogen) atoms. The molecule has 0 aliphatic rings. The first-order valence-electron chi connectivity index (χ1n) is 8.97. The van der Waals surface area contributed by atoms with E-state index in [2.05, 4.69) is 16.0 Å². The lowest BCUT2D eigenvalue weighted by Crippen LogP contribution is -2.40. The van der Waals surface area contributed by atoms with Gasteiger partial charge in [0.2, 0.25) is 5.91 Å². The fraction of sp³-hybridized carbons (Fsp3) is 0.882. The second-order valence-electron chi connectivity index (χ2n) is 6.88. The predicted octanol–water partition coefficient (Wildman–Crippen LogP) is 1.51. The Morgan fingerprint density at radius 3 is 2.25 bits per heavy atom. The van der Waals surface area contributed by atoms with Crippen molar-refractivity contribution in [3.8, 4) is 0 Å². The van der Waals surface area contributed by atoms with Gasteiger partial charge in [0.25, 0.3) is 0 Å².